The van der Waals surface area contributed by atoms with Crippen molar-refractivity contribution in [2.24, 2.45) is 0 Å². The number of nitrogens with zero attached hydrogens (tertiary/aromatic N) is 2. The van der Waals surface area contributed by atoms with Gasteiger partial charge in [0.25, 0.3) is 5.91 Å². The van der Waals surface area contributed by atoms with Gasteiger partial charge in [0.05, 0.1) is 16.0 Å². The number of hydrogen-bond acceptors (Lipinski definition) is 5. The second kappa shape index (κ2) is 7.70. The van der Waals surface area contributed by atoms with Crippen LogP contribution in [0.4, 0.5) is 0 Å². The summed E-state index contributed by atoms with van der Waals surface area (Å²) < 4.78 is 30.4. The predicted molar refractivity (Wildman–Crippen MR) is 105 cm³/mol. The van der Waals surface area contributed by atoms with Crippen LogP contribution in [0.3, 0.4) is 0 Å². The first-order chi connectivity index (χ1) is 12.3. The fourth-order valence-electron chi connectivity index (χ4n) is 3.30. The molecule has 6 nitrogen and oxygen atoms in total. The van der Waals surface area contributed by atoms with Gasteiger partial charge in [-0.3, -0.25) is 4.79 Å². The topological polar surface area (TPSA) is 70.8 Å². The van der Waals surface area contributed by atoms with Crippen molar-refractivity contribution in [1.29, 1.82) is 0 Å². The molecule has 1 aliphatic heterocycles. The van der Waals surface area contributed by atoms with Crippen molar-refractivity contribution in [1.82, 2.24) is 9.80 Å². The monoisotopic (exact) mass is 442 g/mol. The Morgan fingerprint density at radius 3 is 2.69 bits per heavy atom. The lowest BCUT2D eigenvalue weighted by Crippen LogP contribution is -2.42. The molecule has 142 valence electrons. The van der Waals surface area contributed by atoms with E-state index in [1.54, 1.807) is 11.0 Å². The first kappa shape index (κ1) is 19.4. The molecule has 8 heteroatoms. The van der Waals surface area contributed by atoms with Crippen LogP contribution in [-0.2, 0) is 9.84 Å². The molecule has 3 rings (SSSR count). The van der Waals surface area contributed by atoms with Crippen LogP contribution in [0.15, 0.2) is 33.2 Å². The third kappa shape index (κ3) is 4.29. The van der Waals surface area contributed by atoms with Gasteiger partial charge in [0.1, 0.15) is 5.58 Å². The molecule has 1 unspecified atom stereocenters. The van der Waals surface area contributed by atoms with Crippen molar-refractivity contribution in [3.63, 3.8) is 0 Å². The van der Waals surface area contributed by atoms with Crippen LogP contribution in [0.5, 0.6) is 0 Å². The molecule has 0 bridgehead atoms. The fourth-order valence-corrected chi connectivity index (χ4v) is 5.50. The lowest BCUT2D eigenvalue weighted by Gasteiger charge is -2.28. The summed E-state index contributed by atoms with van der Waals surface area (Å²) in [5.74, 6) is 0.181. The van der Waals surface area contributed by atoms with E-state index in [4.69, 9.17) is 4.42 Å². The Morgan fingerprint density at radius 1 is 1.31 bits per heavy atom. The number of sulfone groups is 1. The first-order valence-corrected chi connectivity index (χ1v) is 11.2. The van der Waals surface area contributed by atoms with Gasteiger partial charge in [0.15, 0.2) is 15.6 Å². The third-order valence-corrected chi connectivity index (χ3v) is 7.00. The molecule has 2 heterocycles. The normalized spacial score (nSPS) is 19.3. The highest BCUT2D eigenvalue weighted by Gasteiger charge is 2.35. The zero-order valence-corrected chi connectivity index (χ0v) is 17.3. The standard InChI is InChI=1S/C18H23BrN2O4S/c1-20(2)8-4-9-21(14-7-10-26(23,24)12-14)18(22)16-11-13-5-3-6-15(19)17(13)25-16/h3,5-6,11,14H,4,7-10,12H2,1-2H3. The Hall–Kier alpha value is -1.38. The van der Waals surface area contributed by atoms with Crippen LogP contribution < -0.4 is 0 Å². The van der Waals surface area contributed by atoms with E-state index in [1.165, 1.54) is 0 Å². The van der Waals surface area contributed by atoms with Crippen molar-refractivity contribution in [3.8, 4) is 0 Å². The molecule has 26 heavy (non-hydrogen) atoms. The Bertz CT molecular complexity index is 907. The number of rotatable bonds is 6. The molecule has 0 radical (unpaired) electrons. The molecule has 0 spiro atoms. The third-order valence-electron chi connectivity index (χ3n) is 4.62. The summed E-state index contributed by atoms with van der Waals surface area (Å²) >= 11 is 3.43. The number of amides is 1. The molecule has 1 fully saturated rings. The second-order valence-electron chi connectivity index (χ2n) is 6.98. The van der Waals surface area contributed by atoms with E-state index in [-0.39, 0.29) is 29.2 Å². The van der Waals surface area contributed by atoms with E-state index >= 15 is 0 Å². The van der Waals surface area contributed by atoms with E-state index in [0.717, 1.165) is 22.8 Å². The number of hydrogen-bond donors (Lipinski definition) is 0. The average Bonchev–Trinajstić information content (AvgIpc) is 3.15. The van der Waals surface area contributed by atoms with Crippen LogP contribution >= 0.6 is 15.9 Å². The van der Waals surface area contributed by atoms with Crippen molar-refractivity contribution < 1.29 is 17.6 Å². The van der Waals surface area contributed by atoms with Gasteiger partial charge in [-0.2, -0.15) is 0 Å². The second-order valence-corrected chi connectivity index (χ2v) is 10.1. The molecule has 1 atom stereocenters. The summed E-state index contributed by atoms with van der Waals surface area (Å²) in [4.78, 5) is 16.8. The van der Waals surface area contributed by atoms with E-state index in [0.29, 0.717) is 18.5 Å². The summed E-state index contributed by atoms with van der Waals surface area (Å²) in [5, 5.41) is 0.843. The summed E-state index contributed by atoms with van der Waals surface area (Å²) in [6.07, 6.45) is 1.26. The molecule has 1 aromatic heterocycles. The molecule has 0 aliphatic carbocycles. The Balaban J connectivity index is 1.86. The lowest BCUT2D eigenvalue weighted by atomic mass is 10.2. The predicted octanol–water partition coefficient (Wildman–Crippen LogP) is 2.78. The van der Waals surface area contributed by atoms with Crippen molar-refractivity contribution in [3.05, 3.63) is 34.5 Å². The van der Waals surface area contributed by atoms with Crippen LogP contribution in [-0.4, -0.2) is 68.9 Å². The van der Waals surface area contributed by atoms with Gasteiger partial charge in [0, 0.05) is 18.0 Å². The van der Waals surface area contributed by atoms with Gasteiger partial charge in [-0.05, 0) is 61.5 Å². The minimum absolute atomic E-state index is 0.0324. The number of carbonyl (C=O) groups is 1. The number of carbonyl (C=O) groups excluding carboxylic acids is 1. The summed E-state index contributed by atoms with van der Waals surface area (Å²) in [6, 6.07) is 7.07. The van der Waals surface area contributed by atoms with E-state index in [9.17, 15) is 13.2 Å². The quantitative estimate of drug-likeness (QED) is 0.687. The summed E-state index contributed by atoms with van der Waals surface area (Å²) in [6.45, 7) is 1.34. The Morgan fingerprint density at radius 2 is 2.08 bits per heavy atom. The minimum atomic E-state index is -3.07. The SMILES string of the molecule is CN(C)CCCN(C(=O)c1cc2cccc(Br)c2o1)C1CCS(=O)(=O)C1. The highest BCUT2D eigenvalue weighted by molar-refractivity contribution is 9.10. The van der Waals surface area contributed by atoms with Gasteiger partial charge in [-0.1, -0.05) is 12.1 Å². The highest BCUT2D eigenvalue weighted by Crippen LogP contribution is 2.29. The van der Waals surface area contributed by atoms with Crippen LogP contribution in [0, 0.1) is 0 Å². The minimum Gasteiger partial charge on any atom is -0.450 e. The maximum absolute atomic E-state index is 13.1. The Kier molecular flexibility index (Phi) is 5.74. The van der Waals surface area contributed by atoms with Crippen molar-refractivity contribution in [2.75, 3.05) is 38.7 Å². The molecule has 1 aromatic carbocycles. The first-order valence-electron chi connectivity index (χ1n) is 8.61. The highest BCUT2D eigenvalue weighted by atomic mass is 79.9. The van der Waals surface area contributed by atoms with Gasteiger partial charge >= 0.3 is 0 Å². The van der Waals surface area contributed by atoms with Crippen LogP contribution in [0.2, 0.25) is 0 Å². The number of halogens is 1. The van der Waals surface area contributed by atoms with E-state index in [1.807, 2.05) is 37.2 Å². The van der Waals surface area contributed by atoms with Crippen LogP contribution in [0.1, 0.15) is 23.4 Å². The zero-order chi connectivity index (χ0) is 18.9. The van der Waals surface area contributed by atoms with Crippen LogP contribution in [0.25, 0.3) is 11.0 Å². The van der Waals surface area contributed by atoms with Gasteiger partial charge < -0.3 is 14.2 Å². The molecule has 0 N–H and O–H groups in total. The maximum Gasteiger partial charge on any atom is 0.289 e. The average molecular weight is 443 g/mol. The van der Waals surface area contributed by atoms with Crippen molar-refractivity contribution >= 4 is 42.6 Å². The molecule has 0 saturated carbocycles. The number of para-hydroxylation sites is 1. The molecule has 1 aliphatic rings. The van der Waals surface area contributed by atoms with E-state index in [2.05, 4.69) is 15.9 Å². The number of benzene rings is 1. The van der Waals surface area contributed by atoms with Gasteiger partial charge in [-0.15, -0.1) is 0 Å². The fraction of sp³-hybridized carbons (Fsp3) is 0.500. The van der Waals surface area contributed by atoms with Crippen molar-refractivity contribution in [2.45, 2.75) is 18.9 Å². The molecule has 2 aromatic rings. The summed E-state index contributed by atoms with van der Waals surface area (Å²) in [7, 11) is 0.879. The zero-order valence-electron chi connectivity index (χ0n) is 14.9. The van der Waals surface area contributed by atoms with Gasteiger partial charge in [0.2, 0.25) is 0 Å². The lowest BCUT2D eigenvalue weighted by molar-refractivity contribution is 0.0660. The van der Waals surface area contributed by atoms with Gasteiger partial charge in [-0.25, -0.2) is 8.42 Å². The number of fused-ring (bicyclic) bond motifs is 1. The maximum atomic E-state index is 13.1. The molecular weight excluding hydrogens is 420 g/mol. The Labute approximate surface area is 162 Å². The van der Waals surface area contributed by atoms with E-state index < -0.39 is 9.84 Å². The molecular formula is C18H23BrN2O4S. The molecule has 1 saturated heterocycles. The largest absolute Gasteiger partial charge is 0.450 e. The molecule has 1 amide bonds. The smallest absolute Gasteiger partial charge is 0.289 e. The number of furan rings is 1. The summed E-state index contributed by atoms with van der Waals surface area (Å²) in [5.41, 5.74) is 0.628.